The molecule has 0 aliphatic carbocycles. The number of carbonyl (C=O) groups excluding carboxylic acids is 1. The van der Waals surface area contributed by atoms with Crippen molar-refractivity contribution in [2.45, 2.75) is 32.4 Å². The smallest absolute Gasteiger partial charge is 0.405 e. The van der Waals surface area contributed by atoms with Gasteiger partial charge in [0, 0.05) is 22.9 Å². The lowest BCUT2D eigenvalue weighted by Crippen LogP contribution is -2.47. The van der Waals surface area contributed by atoms with Gasteiger partial charge in [0.25, 0.3) is 0 Å². The van der Waals surface area contributed by atoms with Crippen LogP contribution in [0, 0.1) is 13.8 Å². The van der Waals surface area contributed by atoms with Gasteiger partial charge >= 0.3 is 6.09 Å². The number of nitrogens with zero attached hydrogens (tertiary/aromatic N) is 2. The van der Waals surface area contributed by atoms with Crippen molar-refractivity contribution < 1.29 is 14.7 Å². The second kappa shape index (κ2) is 12.3. The van der Waals surface area contributed by atoms with Crippen LogP contribution in [0.15, 0.2) is 115 Å². The van der Waals surface area contributed by atoms with E-state index >= 15 is 0 Å². The van der Waals surface area contributed by atoms with E-state index in [0.29, 0.717) is 12.2 Å². The largest absolute Gasteiger partial charge is 0.465 e. The second-order valence-electron chi connectivity index (χ2n) is 9.98. The number of aromatic nitrogens is 2. The summed E-state index contributed by atoms with van der Waals surface area (Å²) in [5.41, 5.74) is 7.44. The highest BCUT2D eigenvalue weighted by Gasteiger charge is 2.32. The Morgan fingerprint density at radius 1 is 0.780 bits per heavy atom. The molecule has 0 spiro atoms. The van der Waals surface area contributed by atoms with Crippen LogP contribution < -0.4 is 10.6 Å². The average Bonchev–Trinajstić information content (AvgIpc) is 3.26. The lowest BCUT2D eigenvalue weighted by Gasteiger charge is -2.27. The van der Waals surface area contributed by atoms with Gasteiger partial charge in [0.1, 0.15) is 6.04 Å². The number of hydrogen-bond donors (Lipinski definition) is 3. The molecule has 41 heavy (non-hydrogen) atoms. The zero-order valence-electron chi connectivity index (χ0n) is 23.0. The number of carbonyl (C=O) groups is 2. The molecular weight excluding hydrogens is 512 g/mol. The highest BCUT2D eigenvalue weighted by atomic mass is 16.4. The summed E-state index contributed by atoms with van der Waals surface area (Å²) in [5.74, 6) is -0.963. The fourth-order valence-electron chi connectivity index (χ4n) is 5.30. The average molecular weight is 545 g/mol. The molecule has 0 fully saturated rings. The van der Waals surface area contributed by atoms with Crippen molar-refractivity contribution in [3.63, 3.8) is 0 Å². The molecule has 1 aromatic heterocycles. The van der Waals surface area contributed by atoms with Gasteiger partial charge in [-0.05, 0) is 48.2 Å². The Bertz CT molecular complexity index is 1580. The van der Waals surface area contributed by atoms with Gasteiger partial charge in [-0.15, -0.1) is 0 Å². The van der Waals surface area contributed by atoms with E-state index < -0.39 is 24.0 Å². The van der Waals surface area contributed by atoms with Crippen molar-refractivity contribution in [2.24, 2.45) is 0 Å². The molecule has 0 unspecified atom stereocenters. The Hall–Kier alpha value is -5.17. The van der Waals surface area contributed by atoms with Crippen molar-refractivity contribution in [1.82, 2.24) is 15.1 Å². The van der Waals surface area contributed by atoms with Crippen LogP contribution in [0.25, 0.3) is 11.1 Å². The van der Waals surface area contributed by atoms with Gasteiger partial charge in [0.05, 0.1) is 12.2 Å². The summed E-state index contributed by atoms with van der Waals surface area (Å²) in [6.07, 6.45) is -1.27. The highest BCUT2D eigenvalue weighted by Crippen LogP contribution is 2.31. The molecular formula is C34H32N4O3. The Kier molecular flexibility index (Phi) is 8.25. The van der Waals surface area contributed by atoms with E-state index in [1.165, 1.54) is 5.56 Å². The standard InChI is InChI=1S/C34H32N4O3/c1-23-30(24(2)38(37-23)22-25-12-6-3-7-13-25)28-18-20-29(21-19-28)35-33(39)32(36-34(40)41)31(26-14-8-4-9-15-26)27-16-10-5-11-17-27/h3-21,31-32,36H,22H2,1-2H3,(H,35,39)(H,40,41)/t32-/m0/s1. The zero-order chi connectivity index (χ0) is 28.8. The fourth-order valence-corrected chi connectivity index (χ4v) is 5.30. The number of rotatable bonds is 9. The van der Waals surface area contributed by atoms with E-state index in [2.05, 4.69) is 29.7 Å². The third kappa shape index (κ3) is 6.36. The fraction of sp³-hybridized carbons (Fsp3) is 0.147. The first-order valence-electron chi connectivity index (χ1n) is 13.5. The predicted octanol–water partition coefficient (Wildman–Crippen LogP) is 6.62. The van der Waals surface area contributed by atoms with Crippen LogP contribution in [-0.2, 0) is 11.3 Å². The van der Waals surface area contributed by atoms with Crippen LogP contribution in [0.3, 0.4) is 0 Å². The molecule has 0 bridgehead atoms. The van der Waals surface area contributed by atoms with E-state index in [1.54, 1.807) is 0 Å². The SMILES string of the molecule is Cc1nn(Cc2ccccc2)c(C)c1-c1ccc(NC(=O)[C@@H](NC(=O)O)C(c2ccccc2)c2ccccc2)cc1. The van der Waals surface area contributed by atoms with Gasteiger partial charge in [-0.25, -0.2) is 4.79 Å². The maximum absolute atomic E-state index is 13.6. The van der Waals surface area contributed by atoms with Crippen LogP contribution in [-0.4, -0.2) is 32.9 Å². The van der Waals surface area contributed by atoms with Crippen LogP contribution >= 0.6 is 0 Å². The van der Waals surface area contributed by atoms with Crippen LogP contribution in [0.1, 0.15) is 34.0 Å². The molecule has 5 rings (SSSR count). The molecule has 0 aliphatic rings. The molecule has 0 aliphatic heterocycles. The van der Waals surface area contributed by atoms with Crippen molar-refractivity contribution in [3.05, 3.63) is 143 Å². The summed E-state index contributed by atoms with van der Waals surface area (Å²) >= 11 is 0. The topological polar surface area (TPSA) is 96.3 Å². The number of carboxylic acid groups (broad SMARTS) is 1. The second-order valence-corrected chi connectivity index (χ2v) is 9.98. The Morgan fingerprint density at radius 3 is 1.85 bits per heavy atom. The molecule has 3 N–H and O–H groups in total. The summed E-state index contributed by atoms with van der Waals surface area (Å²) in [4.78, 5) is 25.4. The Balaban J connectivity index is 1.39. The first-order valence-corrected chi connectivity index (χ1v) is 13.5. The van der Waals surface area contributed by atoms with Crippen LogP contribution in [0.2, 0.25) is 0 Å². The first kappa shape index (κ1) is 27.4. The van der Waals surface area contributed by atoms with Gasteiger partial charge in [0.15, 0.2) is 0 Å². The Labute approximate surface area is 239 Å². The number of nitrogens with one attached hydrogen (secondary N) is 2. The molecule has 1 atom stereocenters. The summed E-state index contributed by atoms with van der Waals surface area (Å²) in [6.45, 7) is 4.74. The maximum Gasteiger partial charge on any atom is 0.405 e. The number of anilines is 1. The van der Waals surface area contributed by atoms with Gasteiger partial charge in [-0.1, -0.05) is 103 Å². The lowest BCUT2D eigenvalue weighted by atomic mass is 9.84. The summed E-state index contributed by atoms with van der Waals surface area (Å²) in [5, 5.41) is 19.8. The van der Waals surface area contributed by atoms with E-state index in [9.17, 15) is 14.7 Å². The lowest BCUT2D eigenvalue weighted by molar-refractivity contribution is -0.118. The molecule has 1 heterocycles. The number of hydrogen-bond acceptors (Lipinski definition) is 3. The zero-order valence-corrected chi connectivity index (χ0v) is 23.0. The van der Waals surface area contributed by atoms with Crippen molar-refractivity contribution in [2.75, 3.05) is 5.32 Å². The summed E-state index contributed by atoms with van der Waals surface area (Å²) < 4.78 is 2.01. The molecule has 7 heteroatoms. The molecule has 0 saturated heterocycles. The minimum Gasteiger partial charge on any atom is -0.465 e. The maximum atomic E-state index is 13.6. The van der Waals surface area contributed by atoms with Gasteiger partial charge in [-0.2, -0.15) is 5.10 Å². The van der Waals surface area contributed by atoms with E-state index in [0.717, 1.165) is 33.6 Å². The third-order valence-electron chi connectivity index (χ3n) is 7.21. The van der Waals surface area contributed by atoms with Gasteiger partial charge in [0.2, 0.25) is 5.91 Å². The number of benzene rings is 4. The van der Waals surface area contributed by atoms with Crippen molar-refractivity contribution >= 4 is 17.7 Å². The minimum absolute atomic E-state index is 0.444. The Morgan fingerprint density at radius 2 is 1.32 bits per heavy atom. The molecule has 7 nitrogen and oxygen atoms in total. The molecule has 4 aromatic carbocycles. The molecule has 2 amide bonds. The predicted molar refractivity (Wildman–Crippen MR) is 161 cm³/mol. The van der Waals surface area contributed by atoms with E-state index in [4.69, 9.17) is 5.10 Å². The molecule has 0 saturated carbocycles. The monoisotopic (exact) mass is 544 g/mol. The van der Waals surface area contributed by atoms with E-state index in [1.807, 2.05) is 115 Å². The number of amides is 2. The summed E-state index contributed by atoms with van der Waals surface area (Å²) in [6, 6.07) is 35.6. The quantitative estimate of drug-likeness (QED) is 0.194. The third-order valence-corrected chi connectivity index (χ3v) is 7.21. The van der Waals surface area contributed by atoms with Crippen LogP contribution in [0.5, 0.6) is 0 Å². The van der Waals surface area contributed by atoms with Crippen molar-refractivity contribution in [3.8, 4) is 11.1 Å². The van der Waals surface area contributed by atoms with Crippen molar-refractivity contribution in [1.29, 1.82) is 0 Å². The van der Waals surface area contributed by atoms with Crippen LogP contribution in [0.4, 0.5) is 10.5 Å². The molecule has 5 aromatic rings. The molecule has 0 radical (unpaired) electrons. The van der Waals surface area contributed by atoms with E-state index in [-0.39, 0.29) is 0 Å². The minimum atomic E-state index is -1.27. The van der Waals surface area contributed by atoms with Gasteiger partial charge < -0.3 is 15.7 Å². The first-order chi connectivity index (χ1) is 19.9. The molecule has 206 valence electrons. The summed E-state index contributed by atoms with van der Waals surface area (Å²) in [7, 11) is 0. The highest BCUT2D eigenvalue weighted by molar-refractivity contribution is 5.97. The number of aryl methyl sites for hydroxylation is 1. The normalized spacial score (nSPS) is 11.7. The van der Waals surface area contributed by atoms with Gasteiger partial charge in [-0.3, -0.25) is 9.48 Å².